The number of ether oxygens (including phenoxy) is 1. The molecular formula is C22H25ClN2O2S. The van der Waals surface area contributed by atoms with E-state index in [-0.39, 0.29) is 5.91 Å². The van der Waals surface area contributed by atoms with Crippen molar-refractivity contribution < 1.29 is 9.53 Å². The summed E-state index contributed by atoms with van der Waals surface area (Å²) in [5.74, 6) is 0.903. The van der Waals surface area contributed by atoms with Crippen LogP contribution < -0.4 is 10.1 Å². The molecule has 3 aromatic rings. The minimum atomic E-state index is -0.650. The van der Waals surface area contributed by atoms with Gasteiger partial charge in [0.15, 0.2) is 11.2 Å². The van der Waals surface area contributed by atoms with Crippen molar-refractivity contribution in [2.75, 3.05) is 5.32 Å². The molecule has 0 saturated carbocycles. The number of thiazole rings is 1. The normalized spacial score (nSPS) is 13.4. The van der Waals surface area contributed by atoms with Crippen molar-refractivity contribution in [3.8, 4) is 5.75 Å². The second-order valence-electron chi connectivity index (χ2n) is 7.18. The van der Waals surface area contributed by atoms with Crippen LogP contribution in [0.3, 0.4) is 0 Å². The predicted molar refractivity (Wildman–Crippen MR) is 118 cm³/mol. The van der Waals surface area contributed by atoms with Gasteiger partial charge in [-0.25, -0.2) is 4.98 Å². The van der Waals surface area contributed by atoms with E-state index in [1.54, 1.807) is 6.92 Å². The molecule has 0 saturated heterocycles. The first-order chi connectivity index (χ1) is 13.3. The highest BCUT2D eigenvalue weighted by atomic mass is 35.5. The number of anilines is 1. The van der Waals surface area contributed by atoms with Crippen molar-refractivity contribution in [3.63, 3.8) is 0 Å². The van der Waals surface area contributed by atoms with Gasteiger partial charge in [-0.2, -0.15) is 0 Å². The summed E-state index contributed by atoms with van der Waals surface area (Å²) in [5.41, 5.74) is 4.03. The Morgan fingerprint density at radius 1 is 1.21 bits per heavy atom. The topological polar surface area (TPSA) is 51.2 Å². The van der Waals surface area contributed by atoms with Gasteiger partial charge in [0.2, 0.25) is 0 Å². The van der Waals surface area contributed by atoms with Gasteiger partial charge in [-0.1, -0.05) is 42.9 Å². The number of nitrogens with one attached hydrogen (secondary N) is 1. The second-order valence-corrected chi connectivity index (χ2v) is 8.58. The van der Waals surface area contributed by atoms with E-state index in [1.807, 2.05) is 32.0 Å². The number of hydrogen-bond donors (Lipinski definition) is 1. The quantitative estimate of drug-likeness (QED) is 0.499. The second kappa shape index (κ2) is 8.50. The molecule has 28 heavy (non-hydrogen) atoms. The molecule has 0 aliphatic carbocycles. The number of benzene rings is 2. The Bertz CT molecular complexity index is 992. The monoisotopic (exact) mass is 416 g/mol. The molecule has 0 bridgehead atoms. The Hall–Kier alpha value is -2.11. The van der Waals surface area contributed by atoms with Crippen LogP contribution in [0, 0.1) is 13.8 Å². The lowest BCUT2D eigenvalue weighted by Crippen LogP contribution is -2.30. The van der Waals surface area contributed by atoms with Crippen molar-refractivity contribution in [1.29, 1.82) is 0 Å². The molecule has 4 nitrogen and oxygen atoms in total. The maximum atomic E-state index is 12.6. The lowest BCUT2D eigenvalue weighted by molar-refractivity contribution is -0.122. The first kappa shape index (κ1) is 20.6. The molecule has 2 unspecified atom stereocenters. The van der Waals surface area contributed by atoms with E-state index < -0.39 is 6.10 Å². The van der Waals surface area contributed by atoms with Crippen LogP contribution in [0.2, 0.25) is 5.02 Å². The number of nitrogens with zero attached hydrogens (tertiary/aromatic N) is 1. The number of halogens is 1. The van der Waals surface area contributed by atoms with E-state index in [9.17, 15) is 4.79 Å². The summed E-state index contributed by atoms with van der Waals surface area (Å²) in [6, 6.07) is 9.97. The van der Waals surface area contributed by atoms with Gasteiger partial charge in [-0.15, -0.1) is 0 Å². The Morgan fingerprint density at radius 3 is 2.54 bits per heavy atom. The fourth-order valence-corrected chi connectivity index (χ4v) is 4.00. The van der Waals surface area contributed by atoms with Crippen molar-refractivity contribution >= 4 is 44.2 Å². The van der Waals surface area contributed by atoms with Gasteiger partial charge in [0, 0.05) is 5.02 Å². The smallest absolute Gasteiger partial charge is 0.266 e. The lowest BCUT2D eigenvalue weighted by atomic mass is 9.99. The number of rotatable bonds is 6. The zero-order chi connectivity index (χ0) is 20.4. The predicted octanol–water partition coefficient (Wildman–Crippen LogP) is 6.49. The minimum absolute atomic E-state index is 0.230. The summed E-state index contributed by atoms with van der Waals surface area (Å²) in [7, 11) is 0. The molecule has 1 amide bonds. The largest absolute Gasteiger partial charge is 0.481 e. The maximum absolute atomic E-state index is 12.6. The van der Waals surface area contributed by atoms with Crippen molar-refractivity contribution in [2.24, 2.45) is 0 Å². The number of aryl methyl sites for hydroxylation is 2. The Morgan fingerprint density at radius 2 is 1.89 bits per heavy atom. The van der Waals surface area contributed by atoms with Crippen LogP contribution in [0.25, 0.3) is 10.2 Å². The van der Waals surface area contributed by atoms with Crippen molar-refractivity contribution in [2.45, 2.75) is 53.1 Å². The molecule has 0 aliphatic heterocycles. The van der Waals surface area contributed by atoms with E-state index >= 15 is 0 Å². The highest BCUT2D eigenvalue weighted by Gasteiger charge is 2.18. The number of amides is 1. The van der Waals surface area contributed by atoms with Crippen molar-refractivity contribution in [3.05, 3.63) is 52.0 Å². The summed E-state index contributed by atoms with van der Waals surface area (Å²) in [6.07, 6.45) is 0.439. The molecule has 6 heteroatoms. The number of hydrogen-bond acceptors (Lipinski definition) is 4. The Labute approximate surface area is 174 Å². The molecule has 1 heterocycles. The molecule has 0 radical (unpaired) electrons. The Kier molecular flexibility index (Phi) is 6.26. The molecule has 2 atom stereocenters. The highest BCUT2D eigenvalue weighted by molar-refractivity contribution is 7.22. The standard InChI is InChI=1S/C22H25ClN2O2S/c1-6-12(2)16-7-8-18-19(11-16)28-22(24-18)25-21(26)15(5)27-17-9-13(3)20(23)14(4)10-17/h7-12,15H,6H2,1-5H3,(H,24,25,26). The van der Waals surface area contributed by atoms with E-state index in [4.69, 9.17) is 16.3 Å². The van der Waals surface area contributed by atoms with Crippen LogP contribution in [0.5, 0.6) is 5.75 Å². The summed E-state index contributed by atoms with van der Waals surface area (Å²) < 4.78 is 6.89. The third kappa shape index (κ3) is 4.47. The molecule has 0 fully saturated rings. The zero-order valence-corrected chi connectivity index (χ0v) is 18.4. The summed E-state index contributed by atoms with van der Waals surface area (Å²) in [4.78, 5) is 17.1. The molecule has 3 rings (SSSR count). The van der Waals surface area contributed by atoms with E-state index in [2.05, 4.69) is 36.3 Å². The van der Waals surface area contributed by atoms with Crippen LogP contribution in [-0.2, 0) is 4.79 Å². The van der Waals surface area contributed by atoms with E-state index in [0.717, 1.165) is 32.8 Å². The van der Waals surface area contributed by atoms with Gasteiger partial charge in [0.1, 0.15) is 5.75 Å². The SMILES string of the molecule is CCC(C)c1ccc2nc(NC(=O)C(C)Oc3cc(C)c(Cl)c(C)c3)sc2c1. The lowest BCUT2D eigenvalue weighted by Gasteiger charge is -2.15. The Balaban J connectivity index is 1.71. The molecular weight excluding hydrogens is 392 g/mol. The minimum Gasteiger partial charge on any atom is -0.481 e. The molecule has 0 aliphatic rings. The zero-order valence-electron chi connectivity index (χ0n) is 16.8. The molecule has 1 aromatic heterocycles. The average molecular weight is 417 g/mol. The average Bonchev–Trinajstić information content (AvgIpc) is 3.06. The molecule has 1 N–H and O–H groups in total. The first-order valence-electron chi connectivity index (χ1n) is 9.43. The van der Waals surface area contributed by atoms with Gasteiger partial charge < -0.3 is 4.74 Å². The number of fused-ring (bicyclic) bond motifs is 1. The first-order valence-corrected chi connectivity index (χ1v) is 10.6. The summed E-state index contributed by atoms with van der Waals surface area (Å²) in [6.45, 7) is 9.95. The van der Waals surface area contributed by atoms with Crippen LogP contribution >= 0.6 is 22.9 Å². The van der Waals surface area contributed by atoms with Gasteiger partial charge >= 0.3 is 0 Å². The van der Waals surface area contributed by atoms with Crippen LogP contribution in [0.15, 0.2) is 30.3 Å². The van der Waals surface area contributed by atoms with Gasteiger partial charge in [0.05, 0.1) is 10.2 Å². The van der Waals surface area contributed by atoms with Crippen LogP contribution in [-0.4, -0.2) is 17.0 Å². The molecule has 2 aromatic carbocycles. The van der Waals surface area contributed by atoms with Gasteiger partial charge in [0.25, 0.3) is 5.91 Å². The van der Waals surface area contributed by atoms with E-state index in [1.165, 1.54) is 16.9 Å². The van der Waals surface area contributed by atoms with Gasteiger partial charge in [-0.05, 0) is 74.1 Å². The third-order valence-corrected chi connectivity index (χ3v) is 6.45. The van der Waals surface area contributed by atoms with E-state index in [0.29, 0.717) is 16.8 Å². The molecule has 0 spiro atoms. The number of aromatic nitrogens is 1. The van der Waals surface area contributed by atoms with Gasteiger partial charge in [-0.3, -0.25) is 10.1 Å². The number of carbonyl (C=O) groups excluding carboxylic acids is 1. The fraction of sp³-hybridized carbons (Fsp3) is 0.364. The number of carbonyl (C=O) groups is 1. The summed E-state index contributed by atoms with van der Waals surface area (Å²) in [5, 5.41) is 4.17. The highest BCUT2D eigenvalue weighted by Crippen LogP contribution is 2.30. The summed E-state index contributed by atoms with van der Waals surface area (Å²) >= 11 is 7.67. The third-order valence-electron chi connectivity index (χ3n) is 4.92. The maximum Gasteiger partial charge on any atom is 0.266 e. The molecule has 148 valence electrons. The van der Waals surface area contributed by atoms with Crippen molar-refractivity contribution in [1.82, 2.24) is 4.98 Å². The fourth-order valence-electron chi connectivity index (χ4n) is 2.98. The van der Waals surface area contributed by atoms with Crippen LogP contribution in [0.1, 0.15) is 49.8 Å². The van der Waals surface area contributed by atoms with Crippen LogP contribution in [0.4, 0.5) is 5.13 Å².